The van der Waals surface area contributed by atoms with Crippen molar-refractivity contribution in [3.63, 3.8) is 0 Å². The van der Waals surface area contributed by atoms with E-state index in [-0.39, 0.29) is 16.2 Å². The maximum absolute atomic E-state index is 12.2. The quantitative estimate of drug-likeness (QED) is 0.848. The molecule has 2 aromatic carbocycles. The van der Waals surface area contributed by atoms with Crippen LogP contribution >= 0.6 is 0 Å². The average molecular weight is 288 g/mol. The summed E-state index contributed by atoms with van der Waals surface area (Å²) in [5.41, 5.74) is 1.19. The van der Waals surface area contributed by atoms with E-state index in [9.17, 15) is 13.5 Å². The number of nitriles is 1. The van der Waals surface area contributed by atoms with Crippen LogP contribution in [0.5, 0.6) is 5.75 Å². The van der Waals surface area contributed by atoms with Gasteiger partial charge in [-0.25, -0.2) is 8.42 Å². The second kappa shape index (κ2) is 5.23. The molecular weight excluding hydrogens is 276 g/mol. The number of aromatic hydroxyl groups is 1. The zero-order chi connectivity index (χ0) is 14.8. The molecule has 6 heteroatoms. The summed E-state index contributed by atoms with van der Waals surface area (Å²) in [6.45, 7) is 1.67. The number of hydrogen-bond acceptors (Lipinski definition) is 4. The first-order chi connectivity index (χ1) is 9.42. The van der Waals surface area contributed by atoms with Gasteiger partial charge in [0.2, 0.25) is 0 Å². The van der Waals surface area contributed by atoms with E-state index in [1.54, 1.807) is 6.92 Å². The zero-order valence-corrected chi connectivity index (χ0v) is 11.5. The van der Waals surface area contributed by atoms with Gasteiger partial charge in [-0.3, -0.25) is 4.72 Å². The lowest BCUT2D eigenvalue weighted by atomic mass is 10.2. The predicted molar refractivity (Wildman–Crippen MR) is 74.8 cm³/mol. The second-order valence-corrected chi connectivity index (χ2v) is 5.93. The van der Waals surface area contributed by atoms with E-state index in [2.05, 4.69) is 4.72 Å². The SMILES string of the molecule is Cc1cc(NS(=O)(=O)c2cccc(C#N)c2)ccc1O. The number of rotatable bonds is 3. The van der Waals surface area contributed by atoms with E-state index in [0.29, 0.717) is 11.3 Å². The summed E-state index contributed by atoms with van der Waals surface area (Å²) in [4.78, 5) is 0.0160. The number of phenols is 1. The molecule has 0 unspecified atom stereocenters. The fourth-order valence-electron chi connectivity index (χ4n) is 1.67. The minimum Gasteiger partial charge on any atom is -0.508 e. The first kappa shape index (κ1) is 13.9. The summed E-state index contributed by atoms with van der Waals surface area (Å²) in [5.74, 6) is 0.0967. The van der Waals surface area contributed by atoms with Crippen molar-refractivity contribution >= 4 is 15.7 Å². The lowest BCUT2D eigenvalue weighted by Crippen LogP contribution is -2.13. The van der Waals surface area contributed by atoms with E-state index in [1.165, 1.54) is 42.5 Å². The van der Waals surface area contributed by atoms with E-state index < -0.39 is 10.0 Å². The molecule has 2 N–H and O–H groups in total. The standard InChI is InChI=1S/C14H12N2O3S/c1-10-7-12(5-6-14(10)17)16-20(18,19)13-4-2-3-11(8-13)9-15/h2-8,16-17H,1H3. The van der Waals surface area contributed by atoms with E-state index >= 15 is 0 Å². The van der Waals surface area contributed by atoms with Crippen LogP contribution in [0.15, 0.2) is 47.4 Å². The third-order valence-electron chi connectivity index (χ3n) is 2.72. The Balaban J connectivity index is 2.35. The van der Waals surface area contributed by atoms with Crippen molar-refractivity contribution in [3.8, 4) is 11.8 Å². The molecule has 2 aromatic rings. The van der Waals surface area contributed by atoms with Gasteiger partial charge in [0.15, 0.2) is 0 Å². The Hall–Kier alpha value is -2.52. The van der Waals surface area contributed by atoms with Gasteiger partial charge in [0.05, 0.1) is 16.5 Å². The molecule has 0 aliphatic rings. The predicted octanol–water partition coefficient (Wildman–Crippen LogP) is 2.37. The molecule has 0 aliphatic heterocycles. The van der Waals surface area contributed by atoms with Crippen molar-refractivity contribution in [1.82, 2.24) is 0 Å². The van der Waals surface area contributed by atoms with Gasteiger partial charge in [0.1, 0.15) is 5.75 Å². The zero-order valence-electron chi connectivity index (χ0n) is 10.7. The minimum absolute atomic E-state index is 0.0160. The van der Waals surface area contributed by atoms with Crippen molar-refractivity contribution in [2.75, 3.05) is 4.72 Å². The normalized spacial score (nSPS) is 10.8. The van der Waals surface area contributed by atoms with Crippen LogP contribution < -0.4 is 4.72 Å². The molecule has 0 amide bonds. The number of benzene rings is 2. The van der Waals surface area contributed by atoms with Crippen LogP contribution in [0.2, 0.25) is 0 Å². The van der Waals surface area contributed by atoms with Gasteiger partial charge < -0.3 is 5.11 Å². The molecular formula is C14H12N2O3S. The van der Waals surface area contributed by atoms with Crippen LogP contribution in [0.1, 0.15) is 11.1 Å². The molecule has 20 heavy (non-hydrogen) atoms. The van der Waals surface area contributed by atoms with Crippen LogP contribution in [0.3, 0.4) is 0 Å². The van der Waals surface area contributed by atoms with Gasteiger partial charge in [-0.1, -0.05) is 6.07 Å². The average Bonchev–Trinajstić information content (AvgIpc) is 2.43. The number of nitrogens with one attached hydrogen (secondary N) is 1. The fraction of sp³-hybridized carbons (Fsp3) is 0.0714. The Bertz CT molecular complexity index is 792. The molecule has 5 nitrogen and oxygen atoms in total. The Morgan fingerprint density at radius 3 is 2.60 bits per heavy atom. The van der Waals surface area contributed by atoms with Gasteiger partial charge in [-0.15, -0.1) is 0 Å². The Kier molecular flexibility index (Phi) is 3.63. The highest BCUT2D eigenvalue weighted by Crippen LogP contribution is 2.22. The van der Waals surface area contributed by atoms with Crippen molar-refractivity contribution in [2.24, 2.45) is 0 Å². The van der Waals surface area contributed by atoms with Crippen LogP contribution in [-0.4, -0.2) is 13.5 Å². The van der Waals surface area contributed by atoms with E-state index in [1.807, 2.05) is 6.07 Å². The molecule has 0 saturated carbocycles. The second-order valence-electron chi connectivity index (χ2n) is 4.25. The minimum atomic E-state index is -3.76. The summed E-state index contributed by atoms with van der Waals surface area (Å²) in [6.07, 6.45) is 0. The Morgan fingerprint density at radius 1 is 1.20 bits per heavy atom. The topological polar surface area (TPSA) is 90.2 Å². The fourth-order valence-corrected chi connectivity index (χ4v) is 2.76. The summed E-state index contributed by atoms with van der Waals surface area (Å²) in [5, 5.41) is 18.2. The summed E-state index contributed by atoms with van der Waals surface area (Å²) in [7, 11) is -3.76. The first-order valence-corrected chi connectivity index (χ1v) is 7.23. The number of anilines is 1. The lowest BCUT2D eigenvalue weighted by molar-refractivity contribution is 0.471. The molecule has 0 heterocycles. The molecule has 0 aliphatic carbocycles. The van der Waals surface area contributed by atoms with Crippen molar-refractivity contribution in [1.29, 1.82) is 5.26 Å². The molecule has 0 aromatic heterocycles. The number of hydrogen-bond donors (Lipinski definition) is 2. The van der Waals surface area contributed by atoms with Crippen molar-refractivity contribution in [2.45, 2.75) is 11.8 Å². The van der Waals surface area contributed by atoms with Crippen LogP contribution in [-0.2, 0) is 10.0 Å². The van der Waals surface area contributed by atoms with E-state index in [0.717, 1.165) is 0 Å². The monoisotopic (exact) mass is 288 g/mol. The molecule has 0 saturated heterocycles. The Labute approximate surface area is 117 Å². The van der Waals surface area contributed by atoms with E-state index in [4.69, 9.17) is 5.26 Å². The molecule has 0 atom stereocenters. The maximum Gasteiger partial charge on any atom is 0.261 e. The third kappa shape index (κ3) is 2.90. The van der Waals surface area contributed by atoms with Gasteiger partial charge in [0, 0.05) is 5.69 Å². The van der Waals surface area contributed by atoms with Crippen LogP contribution in [0, 0.1) is 18.3 Å². The molecule has 0 bridgehead atoms. The largest absolute Gasteiger partial charge is 0.508 e. The molecule has 0 spiro atoms. The summed E-state index contributed by atoms with van der Waals surface area (Å²) in [6, 6.07) is 12.1. The number of phenolic OH excluding ortho intramolecular Hbond substituents is 1. The van der Waals surface area contributed by atoms with Gasteiger partial charge in [-0.2, -0.15) is 5.26 Å². The molecule has 0 fully saturated rings. The van der Waals surface area contributed by atoms with Gasteiger partial charge in [0.25, 0.3) is 10.0 Å². The summed E-state index contributed by atoms with van der Waals surface area (Å²) < 4.78 is 26.8. The lowest BCUT2D eigenvalue weighted by Gasteiger charge is -2.09. The first-order valence-electron chi connectivity index (χ1n) is 5.75. The highest BCUT2D eigenvalue weighted by atomic mass is 32.2. The molecule has 0 radical (unpaired) electrons. The smallest absolute Gasteiger partial charge is 0.261 e. The number of sulfonamides is 1. The molecule has 2 rings (SSSR count). The van der Waals surface area contributed by atoms with Crippen molar-refractivity contribution < 1.29 is 13.5 Å². The highest BCUT2D eigenvalue weighted by molar-refractivity contribution is 7.92. The van der Waals surface area contributed by atoms with Gasteiger partial charge in [-0.05, 0) is 48.9 Å². The third-order valence-corrected chi connectivity index (χ3v) is 4.10. The Morgan fingerprint density at radius 2 is 1.95 bits per heavy atom. The van der Waals surface area contributed by atoms with Crippen LogP contribution in [0.4, 0.5) is 5.69 Å². The van der Waals surface area contributed by atoms with Crippen molar-refractivity contribution in [3.05, 3.63) is 53.6 Å². The number of aryl methyl sites for hydroxylation is 1. The highest BCUT2D eigenvalue weighted by Gasteiger charge is 2.15. The van der Waals surface area contributed by atoms with Crippen LogP contribution in [0.25, 0.3) is 0 Å². The van der Waals surface area contributed by atoms with Gasteiger partial charge >= 0.3 is 0 Å². The number of nitrogens with zero attached hydrogens (tertiary/aromatic N) is 1. The summed E-state index contributed by atoms with van der Waals surface area (Å²) >= 11 is 0. The molecule has 102 valence electrons. The maximum atomic E-state index is 12.2.